The number of aromatic amines is 1. The standard InChI is InChI=1S/C12H22N4O/c1-17-8-5-13-9-11-10-14-12(15-11)16-6-3-2-4-7-16/h10,13H,2-9H2,1H3,(H,14,15). The van der Waals surface area contributed by atoms with E-state index in [1.54, 1.807) is 7.11 Å². The largest absolute Gasteiger partial charge is 0.383 e. The third kappa shape index (κ3) is 3.71. The van der Waals surface area contributed by atoms with Crippen LogP contribution in [0.1, 0.15) is 25.0 Å². The van der Waals surface area contributed by atoms with Crippen LogP contribution in [0.15, 0.2) is 6.20 Å². The van der Waals surface area contributed by atoms with Gasteiger partial charge in [-0.1, -0.05) is 0 Å². The quantitative estimate of drug-likeness (QED) is 0.730. The van der Waals surface area contributed by atoms with Crippen LogP contribution in [0, 0.1) is 0 Å². The van der Waals surface area contributed by atoms with Crippen LogP contribution in [0.2, 0.25) is 0 Å². The molecule has 5 heteroatoms. The van der Waals surface area contributed by atoms with Gasteiger partial charge in [-0.2, -0.15) is 0 Å². The van der Waals surface area contributed by atoms with E-state index in [0.717, 1.165) is 44.4 Å². The van der Waals surface area contributed by atoms with Gasteiger partial charge in [-0.15, -0.1) is 0 Å². The maximum atomic E-state index is 4.98. The zero-order valence-electron chi connectivity index (χ0n) is 10.5. The van der Waals surface area contributed by atoms with Gasteiger partial charge in [0.15, 0.2) is 0 Å². The van der Waals surface area contributed by atoms with Gasteiger partial charge < -0.3 is 19.9 Å². The van der Waals surface area contributed by atoms with Gasteiger partial charge in [-0.3, -0.25) is 0 Å². The number of imidazole rings is 1. The Kier molecular flexibility index (Phi) is 4.82. The molecule has 0 atom stereocenters. The van der Waals surface area contributed by atoms with Crippen LogP contribution in [0.5, 0.6) is 0 Å². The molecular formula is C12H22N4O. The van der Waals surface area contributed by atoms with Crippen molar-refractivity contribution in [3.05, 3.63) is 11.9 Å². The maximum Gasteiger partial charge on any atom is 0.202 e. The summed E-state index contributed by atoms with van der Waals surface area (Å²) in [6.07, 6.45) is 5.83. The Morgan fingerprint density at radius 3 is 3.00 bits per heavy atom. The molecule has 1 aliphatic rings. The fourth-order valence-electron chi connectivity index (χ4n) is 2.10. The lowest BCUT2D eigenvalue weighted by Crippen LogP contribution is -2.30. The molecule has 0 spiro atoms. The van der Waals surface area contributed by atoms with E-state index in [1.807, 2.05) is 6.20 Å². The van der Waals surface area contributed by atoms with Crippen LogP contribution < -0.4 is 10.2 Å². The van der Waals surface area contributed by atoms with E-state index in [2.05, 4.69) is 20.2 Å². The molecule has 5 nitrogen and oxygen atoms in total. The highest BCUT2D eigenvalue weighted by Crippen LogP contribution is 2.15. The molecule has 0 aliphatic carbocycles. The van der Waals surface area contributed by atoms with Gasteiger partial charge in [0.2, 0.25) is 5.95 Å². The van der Waals surface area contributed by atoms with E-state index < -0.39 is 0 Å². The molecule has 96 valence electrons. The molecule has 1 aromatic rings. The van der Waals surface area contributed by atoms with Gasteiger partial charge in [-0.25, -0.2) is 4.98 Å². The van der Waals surface area contributed by atoms with E-state index in [-0.39, 0.29) is 0 Å². The van der Waals surface area contributed by atoms with Gasteiger partial charge in [0, 0.05) is 33.3 Å². The first-order valence-electron chi connectivity index (χ1n) is 6.38. The monoisotopic (exact) mass is 238 g/mol. The molecule has 0 saturated carbocycles. The smallest absolute Gasteiger partial charge is 0.202 e. The number of aromatic nitrogens is 2. The van der Waals surface area contributed by atoms with Crippen molar-refractivity contribution in [3.63, 3.8) is 0 Å². The Bertz CT molecular complexity index is 320. The van der Waals surface area contributed by atoms with Crippen LogP contribution in [0.3, 0.4) is 0 Å². The summed E-state index contributed by atoms with van der Waals surface area (Å²) in [5.41, 5.74) is 1.14. The third-order valence-electron chi connectivity index (χ3n) is 3.07. The Morgan fingerprint density at radius 1 is 1.41 bits per heavy atom. The van der Waals surface area contributed by atoms with Crippen LogP contribution in [0.4, 0.5) is 5.95 Å². The van der Waals surface area contributed by atoms with Crippen molar-refractivity contribution in [1.82, 2.24) is 15.3 Å². The minimum absolute atomic E-state index is 0.743. The second-order valence-electron chi connectivity index (χ2n) is 4.45. The first kappa shape index (κ1) is 12.4. The second-order valence-corrected chi connectivity index (χ2v) is 4.45. The normalized spacial score (nSPS) is 16.4. The van der Waals surface area contributed by atoms with Gasteiger partial charge in [0.25, 0.3) is 0 Å². The number of anilines is 1. The van der Waals surface area contributed by atoms with E-state index in [9.17, 15) is 0 Å². The molecule has 1 aromatic heterocycles. The fraction of sp³-hybridized carbons (Fsp3) is 0.750. The third-order valence-corrected chi connectivity index (χ3v) is 3.07. The van der Waals surface area contributed by atoms with Crippen LogP contribution in [-0.2, 0) is 11.3 Å². The van der Waals surface area contributed by atoms with Crippen molar-refractivity contribution in [1.29, 1.82) is 0 Å². The summed E-state index contributed by atoms with van der Waals surface area (Å²) in [5.74, 6) is 1.02. The van der Waals surface area contributed by atoms with E-state index in [1.165, 1.54) is 19.3 Å². The number of nitrogens with zero attached hydrogens (tertiary/aromatic N) is 2. The molecule has 0 unspecified atom stereocenters. The summed E-state index contributed by atoms with van der Waals surface area (Å²) < 4.78 is 4.98. The summed E-state index contributed by atoms with van der Waals surface area (Å²) in [6, 6.07) is 0. The molecule has 2 N–H and O–H groups in total. The number of nitrogens with one attached hydrogen (secondary N) is 2. The average molecular weight is 238 g/mol. The van der Waals surface area contributed by atoms with Crippen LogP contribution >= 0.6 is 0 Å². The van der Waals surface area contributed by atoms with E-state index >= 15 is 0 Å². The van der Waals surface area contributed by atoms with Gasteiger partial charge in [0.05, 0.1) is 18.5 Å². The summed E-state index contributed by atoms with van der Waals surface area (Å²) in [5, 5.41) is 3.30. The molecule has 0 aromatic carbocycles. The number of rotatable bonds is 6. The highest BCUT2D eigenvalue weighted by Gasteiger charge is 2.13. The van der Waals surface area contributed by atoms with Crippen LogP contribution in [0.25, 0.3) is 0 Å². The molecule has 1 fully saturated rings. The predicted molar refractivity (Wildman–Crippen MR) is 68.2 cm³/mol. The van der Waals surface area contributed by atoms with E-state index in [4.69, 9.17) is 4.74 Å². The SMILES string of the molecule is COCCNCc1cnc(N2CCCCC2)[nH]1. The Balaban J connectivity index is 1.78. The Hall–Kier alpha value is -1.07. The molecule has 2 heterocycles. The molecular weight excluding hydrogens is 216 g/mol. The van der Waals surface area contributed by atoms with Crippen molar-refractivity contribution < 1.29 is 4.74 Å². The van der Waals surface area contributed by atoms with Crippen molar-refractivity contribution in [2.75, 3.05) is 38.3 Å². The van der Waals surface area contributed by atoms with Crippen LogP contribution in [-0.4, -0.2) is 43.3 Å². The lowest BCUT2D eigenvalue weighted by Gasteiger charge is -2.25. The number of methoxy groups -OCH3 is 1. The topological polar surface area (TPSA) is 53.2 Å². The minimum Gasteiger partial charge on any atom is -0.383 e. The molecule has 2 rings (SSSR count). The number of ether oxygens (including phenoxy) is 1. The number of hydrogen-bond donors (Lipinski definition) is 2. The zero-order valence-corrected chi connectivity index (χ0v) is 10.5. The molecule has 0 radical (unpaired) electrons. The zero-order chi connectivity index (χ0) is 11.9. The molecule has 17 heavy (non-hydrogen) atoms. The van der Waals surface area contributed by atoms with Crippen molar-refractivity contribution >= 4 is 5.95 Å². The highest BCUT2D eigenvalue weighted by molar-refractivity contribution is 5.31. The Morgan fingerprint density at radius 2 is 2.24 bits per heavy atom. The molecule has 0 bridgehead atoms. The first-order chi connectivity index (χ1) is 8.40. The average Bonchev–Trinajstić information content (AvgIpc) is 2.85. The number of hydrogen-bond acceptors (Lipinski definition) is 4. The fourth-order valence-corrected chi connectivity index (χ4v) is 2.10. The first-order valence-corrected chi connectivity index (χ1v) is 6.38. The number of piperidine rings is 1. The highest BCUT2D eigenvalue weighted by atomic mass is 16.5. The van der Waals surface area contributed by atoms with Crippen molar-refractivity contribution in [3.8, 4) is 0 Å². The summed E-state index contributed by atoms with van der Waals surface area (Å²) in [4.78, 5) is 10.1. The van der Waals surface area contributed by atoms with E-state index in [0.29, 0.717) is 0 Å². The summed E-state index contributed by atoms with van der Waals surface area (Å²) >= 11 is 0. The lowest BCUT2D eigenvalue weighted by atomic mass is 10.1. The van der Waals surface area contributed by atoms with Gasteiger partial charge >= 0.3 is 0 Å². The maximum absolute atomic E-state index is 4.98. The van der Waals surface area contributed by atoms with Crippen molar-refractivity contribution in [2.45, 2.75) is 25.8 Å². The Labute approximate surface area is 103 Å². The number of H-pyrrole nitrogens is 1. The second kappa shape index (κ2) is 6.61. The lowest BCUT2D eigenvalue weighted by molar-refractivity contribution is 0.199. The van der Waals surface area contributed by atoms with Crippen molar-refractivity contribution in [2.24, 2.45) is 0 Å². The molecule has 1 aliphatic heterocycles. The molecule has 0 amide bonds. The summed E-state index contributed by atoms with van der Waals surface area (Å²) in [6.45, 7) is 4.69. The van der Waals surface area contributed by atoms with Gasteiger partial charge in [-0.05, 0) is 19.3 Å². The van der Waals surface area contributed by atoms with Gasteiger partial charge in [0.1, 0.15) is 0 Å². The minimum atomic E-state index is 0.743. The summed E-state index contributed by atoms with van der Waals surface area (Å²) in [7, 11) is 1.71. The predicted octanol–water partition coefficient (Wildman–Crippen LogP) is 1.14. The molecule has 1 saturated heterocycles.